The van der Waals surface area contributed by atoms with Crippen LogP contribution in [-0.4, -0.2) is 31.4 Å². The van der Waals surface area contributed by atoms with Gasteiger partial charge in [-0.1, -0.05) is 17.7 Å². The molecule has 1 heterocycles. The minimum absolute atomic E-state index is 0.211. The zero-order chi connectivity index (χ0) is 14.0. The molecule has 1 N–H and O–H groups in total. The number of nitrogens with one attached hydrogen (secondary N) is 1. The van der Waals surface area contributed by atoms with E-state index in [-0.39, 0.29) is 5.91 Å². The second-order valence-corrected chi connectivity index (χ2v) is 5.01. The van der Waals surface area contributed by atoms with Gasteiger partial charge in [-0.25, -0.2) is 4.39 Å². The standard InChI is InChI=1S/C14H16ClFN2O/c1-8-13(14(19)17-2)11(5-6-18-8)10-4-3-9(15)7-12(10)16/h3-4,7,10,12H,5-6H2,1-2H3,(H,17,19). The Balaban J connectivity index is 2.43. The fraction of sp³-hybridized carbons (Fsp3) is 0.429. The number of carbonyl (C=O) groups excluding carboxylic acids is 1. The molecule has 0 bridgehead atoms. The van der Waals surface area contributed by atoms with Crippen LogP contribution in [0.3, 0.4) is 0 Å². The van der Waals surface area contributed by atoms with Gasteiger partial charge in [0.2, 0.25) is 0 Å². The SMILES string of the molecule is CNC(=O)C1=C(C2C=CC(Cl)=CC2F)CCN=C1C. The van der Waals surface area contributed by atoms with Crippen molar-refractivity contribution in [3.8, 4) is 0 Å². The van der Waals surface area contributed by atoms with Gasteiger partial charge in [0.25, 0.3) is 5.91 Å². The van der Waals surface area contributed by atoms with Crippen LogP contribution in [0.5, 0.6) is 0 Å². The Kier molecular flexibility index (Phi) is 4.20. The molecule has 0 aromatic rings. The van der Waals surface area contributed by atoms with Gasteiger partial charge in [-0.05, 0) is 31.1 Å². The van der Waals surface area contributed by atoms with Crippen molar-refractivity contribution >= 4 is 23.2 Å². The molecular weight excluding hydrogens is 267 g/mol. The molecule has 3 nitrogen and oxygen atoms in total. The van der Waals surface area contributed by atoms with Crippen LogP contribution in [0.15, 0.2) is 39.4 Å². The molecule has 1 aliphatic carbocycles. The number of alkyl halides is 1. The number of allylic oxidation sites excluding steroid dienone is 4. The minimum atomic E-state index is -1.20. The molecular formula is C14H16ClFN2O. The molecule has 2 aliphatic rings. The molecule has 2 rings (SSSR count). The lowest BCUT2D eigenvalue weighted by Crippen LogP contribution is -2.31. The van der Waals surface area contributed by atoms with E-state index < -0.39 is 12.1 Å². The van der Waals surface area contributed by atoms with Crippen LogP contribution in [-0.2, 0) is 4.79 Å². The lowest BCUT2D eigenvalue weighted by molar-refractivity contribution is -0.116. The highest BCUT2D eigenvalue weighted by molar-refractivity contribution is 6.31. The van der Waals surface area contributed by atoms with Crippen LogP contribution in [0.2, 0.25) is 0 Å². The van der Waals surface area contributed by atoms with Gasteiger partial charge in [0, 0.05) is 30.3 Å². The molecule has 102 valence electrons. The predicted molar refractivity (Wildman–Crippen MR) is 75.1 cm³/mol. The zero-order valence-electron chi connectivity index (χ0n) is 10.9. The lowest BCUT2D eigenvalue weighted by atomic mass is 9.83. The molecule has 19 heavy (non-hydrogen) atoms. The van der Waals surface area contributed by atoms with E-state index >= 15 is 0 Å². The predicted octanol–water partition coefficient (Wildman–Crippen LogP) is 2.54. The summed E-state index contributed by atoms with van der Waals surface area (Å²) in [7, 11) is 1.56. The molecule has 2 atom stereocenters. The van der Waals surface area contributed by atoms with Crippen molar-refractivity contribution < 1.29 is 9.18 Å². The summed E-state index contributed by atoms with van der Waals surface area (Å²) in [5, 5.41) is 2.99. The summed E-state index contributed by atoms with van der Waals surface area (Å²) < 4.78 is 14.1. The number of nitrogens with zero attached hydrogens (tertiary/aromatic N) is 1. The second kappa shape index (κ2) is 5.70. The first-order chi connectivity index (χ1) is 9.04. The molecule has 1 amide bonds. The first-order valence-corrected chi connectivity index (χ1v) is 6.58. The van der Waals surface area contributed by atoms with Crippen molar-refractivity contribution in [3.63, 3.8) is 0 Å². The molecule has 0 aromatic heterocycles. The van der Waals surface area contributed by atoms with E-state index in [9.17, 15) is 9.18 Å². The third-order valence-electron chi connectivity index (χ3n) is 3.39. The number of amides is 1. The molecule has 0 spiro atoms. The van der Waals surface area contributed by atoms with Gasteiger partial charge in [-0.15, -0.1) is 0 Å². The molecule has 0 aromatic carbocycles. The average molecular weight is 283 g/mol. The van der Waals surface area contributed by atoms with Crippen LogP contribution < -0.4 is 5.32 Å². The number of rotatable bonds is 2. The van der Waals surface area contributed by atoms with E-state index in [4.69, 9.17) is 11.6 Å². The molecule has 0 saturated heterocycles. The number of halogens is 2. The van der Waals surface area contributed by atoms with Crippen LogP contribution in [0, 0.1) is 5.92 Å². The van der Waals surface area contributed by atoms with Gasteiger partial charge in [-0.3, -0.25) is 9.79 Å². The van der Waals surface area contributed by atoms with Gasteiger partial charge in [0.15, 0.2) is 0 Å². The summed E-state index contributed by atoms with van der Waals surface area (Å²) in [6.07, 6.45) is 4.18. The maximum Gasteiger partial charge on any atom is 0.252 e. The van der Waals surface area contributed by atoms with Crippen LogP contribution in [0.1, 0.15) is 13.3 Å². The Morgan fingerprint density at radius 3 is 2.95 bits per heavy atom. The highest BCUT2D eigenvalue weighted by Gasteiger charge is 2.30. The average Bonchev–Trinajstić information content (AvgIpc) is 2.37. The molecule has 0 radical (unpaired) electrons. The fourth-order valence-corrected chi connectivity index (χ4v) is 2.66. The maximum atomic E-state index is 14.1. The Bertz CT molecular complexity index is 520. The molecule has 5 heteroatoms. The highest BCUT2D eigenvalue weighted by atomic mass is 35.5. The molecule has 1 aliphatic heterocycles. The fourth-order valence-electron chi connectivity index (χ4n) is 2.47. The zero-order valence-corrected chi connectivity index (χ0v) is 11.7. The summed E-state index contributed by atoms with van der Waals surface area (Å²) in [5.74, 6) is -0.641. The number of hydrogen-bond acceptors (Lipinski definition) is 2. The van der Waals surface area contributed by atoms with Crippen LogP contribution in [0.4, 0.5) is 4.39 Å². The largest absolute Gasteiger partial charge is 0.355 e. The number of hydrogen-bond donors (Lipinski definition) is 1. The van der Waals surface area contributed by atoms with Gasteiger partial charge in [0.05, 0.1) is 5.57 Å². The summed E-state index contributed by atoms with van der Waals surface area (Å²) >= 11 is 5.79. The van der Waals surface area contributed by atoms with Gasteiger partial charge in [0.1, 0.15) is 6.17 Å². The molecule has 0 fully saturated rings. The Morgan fingerprint density at radius 1 is 1.58 bits per heavy atom. The first kappa shape index (κ1) is 14.0. The van der Waals surface area contributed by atoms with Crippen molar-refractivity contribution in [1.82, 2.24) is 5.32 Å². The van der Waals surface area contributed by atoms with Crippen molar-refractivity contribution in [2.75, 3.05) is 13.6 Å². The Morgan fingerprint density at radius 2 is 2.32 bits per heavy atom. The van der Waals surface area contributed by atoms with Gasteiger partial charge >= 0.3 is 0 Å². The molecule has 0 saturated carbocycles. The van der Waals surface area contributed by atoms with E-state index in [1.807, 2.05) is 0 Å². The Hall–Kier alpha value is -1.42. The van der Waals surface area contributed by atoms with Crippen molar-refractivity contribution in [2.45, 2.75) is 19.5 Å². The second-order valence-electron chi connectivity index (χ2n) is 4.58. The van der Waals surface area contributed by atoms with Crippen LogP contribution in [0.25, 0.3) is 0 Å². The summed E-state index contributed by atoms with van der Waals surface area (Å²) in [6, 6.07) is 0. The van der Waals surface area contributed by atoms with Crippen LogP contribution >= 0.6 is 11.6 Å². The lowest BCUT2D eigenvalue weighted by Gasteiger charge is -2.26. The minimum Gasteiger partial charge on any atom is -0.355 e. The van der Waals surface area contributed by atoms with E-state index in [0.29, 0.717) is 29.3 Å². The van der Waals surface area contributed by atoms with E-state index in [1.54, 1.807) is 26.1 Å². The van der Waals surface area contributed by atoms with Gasteiger partial charge < -0.3 is 5.32 Å². The normalized spacial score (nSPS) is 26.9. The summed E-state index contributed by atoms with van der Waals surface area (Å²) in [4.78, 5) is 16.2. The van der Waals surface area contributed by atoms with Gasteiger partial charge in [-0.2, -0.15) is 0 Å². The third kappa shape index (κ3) is 2.78. The van der Waals surface area contributed by atoms with E-state index in [1.165, 1.54) is 6.08 Å². The Labute approximate surface area is 116 Å². The smallest absolute Gasteiger partial charge is 0.252 e. The summed E-state index contributed by atoms with van der Waals surface area (Å²) in [6.45, 7) is 2.38. The topological polar surface area (TPSA) is 41.5 Å². The van der Waals surface area contributed by atoms with E-state index in [2.05, 4.69) is 10.3 Å². The number of carbonyl (C=O) groups is 1. The monoisotopic (exact) mass is 282 g/mol. The van der Waals surface area contributed by atoms with Crippen molar-refractivity contribution in [1.29, 1.82) is 0 Å². The maximum absolute atomic E-state index is 14.1. The summed E-state index contributed by atoms with van der Waals surface area (Å²) in [5.41, 5.74) is 1.98. The first-order valence-electron chi connectivity index (χ1n) is 6.20. The quantitative estimate of drug-likeness (QED) is 0.831. The highest BCUT2D eigenvalue weighted by Crippen LogP contribution is 2.33. The van der Waals surface area contributed by atoms with E-state index in [0.717, 1.165) is 5.57 Å². The third-order valence-corrected chi connectivity index (χ3v) is 3.65. The van der Waals surface area contributed by atoms with Crippen molar-refractivity contribution in [3.05, 3.63) is 34.4 Å². The number of likely N-dealkylation sites (N-methyl/N-ethyl adjacent to an activating group) is 1. The number of dihydropyridines is 1. The van der Waals surface area contributed by atoms with Crippen molar-refractivity contribution in [2.24, 2.45) is 10.9 Å². The number of aliphatic imine (C=N–C) groups is 1. The molecule has 2 unspecified atom stereocenters.